The molecule has 1 N–H and O–H groups in total. The number of rotatable bonds is 6. The Morgan fingerprint density at radius 2 is 1.93 bits per heavy atom. The molecule has 146 valence electrons. The highest BCUT2D eigenvalue weighted by Crippen LogP contribution is 2.34. The molecule has 4 rings (SSSR count). The van der Waals surface area contributed by atoms with Gasteiger partial charge >= 0.3 is 0 Å². The van der Waals surface area contributed by atoms with E-state index in [1.807, 2.05) is 36.4 Å². The molecule has 0 saturated carbocycles. The summed E-state index contributed by atoms with van der Waals surface area (Å²) in [4.78, 5) is 31.0. The first-order valence-corrected chi connectivity index (χ1v) is 9.33. The van der Waals surface area contributed by atoms with Crippen molar-refractivity contribution in [3.05, 3.63) is 89.2 Å². The molecule has 6 heteroatoms. The average Bonchev–Trinajstić information content (AvgIpc) is 3.00. The molecular formula is C23H21N3O3. The predicted molar refractivity (Wildman–Crippen MR) is 110 cm³/mol. The van der Waals surface area contributed by atoms with Crippen molar-refractivity contribution in [2.45, 2.75) is 19.6 Å². The lowest BCUT2D eigenvalue weighted by molar-refractivity contribution is 0.0727. The van der Waals surface area contributed by atoms with Crippen LogP contribution in [0.4, 0.5) is 5.69 Å². The molecule has 0 bridgehead atoms. The summed E-state index contributed by atoms with van der Waals surface area (Å²) >= 11 is 0. The molecule has 1 atom stereocenters. The first-order chi connectivity index (χ1) is 14.1. The summed E-state index contributed by atoms with van der Waals surface area (Å²) in [6.07, 6.45) is 1.26. The van der Waals surface area contributed by atoms with Crippen molar-refractivity contribution in [1.29, 1.82) is 0 Å². The lowest BCUT2D eigenvalue weighted by atomic mass is 10.1. The molecule has 2 aromatic carbocycles. The van der Waals surface area contributed by atoms with Crippen molar-refractivity contribution in [2.75, 3.05) is 12.4 Å². The standard InChI is InChI=1S/C23H21N3O3/c1-15(27)17-5-3-6-18(13-17)25-22-21-20(7-4-12-24-21)23(28)26(22)14-16-8-10-19(29-2)11-9-16/h3-13,22,25H,14H2,1-2H3. The van der Waals surface area contributed by atoms with Crippen molar-refractivity contribution >= 4 is 17.4 Å². The monoisotopic (exact) mass is 387 g/mol. The minimum atomic E-state index is -0.428. The molecule has 0 aliphatic carbocycles. The number of amides is 1. The molecule has 1 amide bonds. The first-order valence-electron chi connectivity index (χ1n) is 9.33. The molecule has 29 heavy (non-hydrogen) atoms. The van der Waals surface area contributed by atoms with Crippen molar-refractivity contribution < 1.29 is 14.3 Å². The SMILES string of the molecule is COc1ccc(CN2C(=O)c3cccnc3C2Nc2cccc(C(C)=O)c2)cc1. The number of nitrogens with zero attached hydrogens (tertiary/aromatic N) is 2. The Morgan fingerprint density at radius 3 is 2.66 bits per heavy atom. The van der Waals surface area contributed by atoms with Gasteiger partial charge in [-0.1, -0.05) is 24.3 Å². The number of carbonyl (C=O) groups excluding carboxylic acids is 2. The fourth-order valence-corrected chi connectivity index (χ4v) is 3.46. The van der Waals surface area contributed by atoms with Gasteiger partial charge in [0.15, 0.2) is 5.78 Å². The molecule has 0 saturated heterocycles. The number of ether oxygens (including phenoxy) is 1. The van der Waals surface area contributed by atoms with Gasteiger partial charge in [-0.25, -0.2) is 0 Å². The van der Waals surface area contributed by atoms with E-state index >= 15 is 0 Å². The van der Waals surface area contributed by atoms with Crippen LogP contribution >= 0.6 is 0 Å². The number of Topliss-reactive ketones (excluding diaryl/α,β-unsaturated/α-hetero) is 1. The number of fused-ring (bicyclic) bond motifs is 1. The predicted octanol–water partition coefficient (Wildman–Crippen LogP) is 4.06. The van der Waals surface area contributed by atoms with E-state index in [0.717, 1.165) is 17.0 Å². The van der Waals surface area contributed by atoms with Gasteiger partial charge in [0.25, 0.3) is 5.91 Å². The fourth-order valence-electron chi connectivity index (χ4n) is 3.46. The van der Waals surface area contributed by atoms with E-state index in [1.54, 1.807) is 42.5 Å². The van der Waals surface area contributed by atoms with Crippen molar-refractivity contribution in [3.8, 4) is 5.75 Å². The molecule has 2 heterocycles. The molecule has 1 aliphatic rings. The molecule has 1 unspecified atom stereocenters. The summed E-state index contributed by atoms with van der Waals surface area (Å²) in [7, 11) is 1.62. The summed E-state index contributed by atoms with van der Waals surface area (Å²) in [5.41, 5.74) is 3.62. The van der Waals surface area contributed by atoms with Crippen LogP contribution in [0.2, 0.25) is 0 Å². The van der Waals surface area contributed by atoms with Crippen molar-refractivity contribution in [2.24, 2.45) is 0 Å². The number of methoxy groups -OCH3 is 1. The number of anilines is 1. The Balaban J connectivity index is 1.66. The molecule has 3 aromatic rings. The van der Waals surface area contributed by atoms with Crippen LogP contribution < -0.4 is 10.1 Å². The average molecular weight is 387 g/mol. The maximum Gasteiger partial charge on any atom is 0.258 e. The number of aromatic nitrogens is 1. The molecule has 1 aliphatic heterocycles. The van der Waals surface area contributed by atoms with Crippen LogP contribution in [0.5, 0.6) is 5.75 Å². The minimum absolute atomic E-state index is 0.00948. The van der Waals surface area contributed by atoms with Gasteiger partial charge in [0.1, 0.15) is 11.9 Å². The van der Waals surface area contributed by atoms with Crippen molar-refractivity contribution in [1.82, 2.24) is 9.88 Å². The summed E-state index contributed by atoms with van der Waals surface area (Å²) in [6.45, 7) is 1.95. The Morgan fingerprint density at radius 1 is 1.14 bits per heavy atom. The van der Waals surface area contributed by atoms with E-state index in [1.165, 1.54) is 6.92 Å². The molecule has 6 nitrogen and oxygen atoms in total. The van der Waals surface area contributed by atoms with E-state index in [9.17, 15) is 9.59 Å². The largest absolute Gasteiger partial charge is 0.497 e. The van der Waals surface area contributed by atoms with Gasteiger partial charge in [-0.05, 0) is 48.9 Å². The lowest BCUT2D eigenvalue weighted by Gasteiger charge is -2.27. The van der Waals surface area contributed by atoms with Gasteiger partial charge in [0.05, 0.1) is 18.4 Å². The molecule has 1 aromatic heterocycles. The maximum absolute atomic E-state index is 13.1. The molecule has 0 spiro atoms. The van der Waals surface area contributed by atoms with Gasteiger partial charge in [-0.2, -0.15) is 0 Å². The Hall–Kier alpha value is -3.67. The number of hydrogen-bond donors (Lipinski definition) is 1. The Kier molecular flexibility index (Phi) is 4.99. The minimum Gasteiger partial charge on any atom is -0.497 e. The number of ketones is 1. The van der Waals surface area contributed by atoms with Crippen LogP contribution in [-0.4, -0.2) is 28.7 Å². The van der Waals surface area contributed by atoms with Gasteiger partial charge < -0.3 is 15.0 Å². The Bertz CT molecular complexity index is 1060. The second-order valence-electron chi connectivity index (χ2n) is 6.90. The Labute approximate surface area is 169 Å². The summed E-state index contributed by atoms with van der Waals surface area (Å²) < 4.78 is 5.21. The van der Waals surface area contributed by atoms with Crippen LogP contribution in [0.15, 0.2) is 66.9 Å². The fraction of sp³-hybridized carbons (Fsp3) is 0.174. The summed E-state index contributed by atoms with van der Waals surface area (Å²) in [5, 5.41) is 3.38. The second kappa shape index (κ2) is 7.75. The number of pyridine rings is 1. The van der Waals surface area contributed by atoms with Crippen LogP contribution in [-0.2, 0) is 6.54 Å². The van der Waals surface area contributed by atoms with Crippen LogP contribution in [0.25, 0.3) is 0 Å². The zero-order valence-electron chi connectivity index (χ0n) is 16.3. The zero-order chi connectivity index (χ0) is 20.4. The topological polar surface area (TPSA) is 71.5 Å². The van der Waals surface area contributed by atoms with Crippen LogP contribution in [0.3, 0.4) is 0 Å². The van der Waals surface area contributed by atoms with Crippen molar-refractivity contribution in [3.63, 3.8) is 0 Å². The zero-order valence-corrected chi connectivity index (χ0v) is 16.3. The van der Waals surface area contributed by atoms with Gasteiger partial charge in [0, 0.05) is 24.0 Å². The number of carbonyl (C=O) groups is 2. The highest BCUT2D eigenvalue weighted by atomic mass is 16.5. The highest BCUT2D eigenvalue weighted by Gasteiger charge is 2.37. The van der Waals surface area contributed by atoms with Crippen LogP contribution in [0.1, 0.15) is 45.1 Å². The highest BCUT2D eigenvalue weighted by molar-refractivity contribution is 5.99. The van der Waals surface area contributed by atoms with Gasteiger partial charge in [-0.3, -0.25) is 14.6 Å². The normalized spacial score (nSPS) is 15.2. The summed E-state index contributed by atoms with van der Waals surface area (Å²) in [5.74, 6) is 0.677. The number of hydrogen-bond acceptors (Lipinski definition) is 5. The third-order valence-corrected chi connectivity index (χ3v) is 4.98. The molecule has 0 radical (unpaired) electrons. The maximum atomic E-state index is 13.1. The molecule has 0 fully saturated rings. The van der Waals surface area contributed by atoms with Crippen LogP contribution in [0, 0.1) is 0 Å². The molecular weight excluding hydrogens is 366 g/mol. The van der Waals surface area contributed by atoms with Gasteiger partial charge in [0.2, 0.25) is 0 Å². The number of benzene rings is 2. The third kappa shape index (κ3) is 3.69. The van der Waals surface area contributed by atoms with Gasteiger partial charge in [-0.15, -0.1) is 0 Å². The van der Waals surface area contributed by atoms with E-state index in [4.69, 9.17) is 4.74 Å². The quantitative estimate of drug-likeness (QED) is 0.646. The smallest absolute Gasteiger partial charge is 0.258 e. The van der Waals surface area contributed by atoms with E-state index in [0.29, 0.717) is 23.4 Å². The first kappa shape index (κ1) is 18.7. The van der Waals surface area contributed by atoms with E-state index in [2.05, 4.69) is 10.3 Å². The second-order valence-corrected chi connectivity index (χ2v) is 6.90. The lowest BCUT2D eigenvalue weighted by Crippen LogP contribution is -2.32. The van der Waals surface area contributed by atoms with E-state index < -0.39 is 6.17 Å². The number of nitrogens with one attached hydrogen (secondary N) is 1. The third-order valence-electron chi connectivity index (χ3n) is 4.98. The summed E-state index contributed by atoms with van der Waals surface area (Å²) in [6, 6.07) is 18.5. The van der Waals surface area contributed by atoms with E-state index in [-0.39, 0.29) is 11.7 Å².